The van der Waals surface area contributed by atoms with Crippen LogP contribution in [-0.4, -0.2) is 44.9 Å². The van der Waals surface area contributed by atoms with E-state index in [1.807, 2.05) is 0 Å². The molecule has 0 radical (unpaired) electrons. The molecular weight excluding hydrogens is 266 g/mol. The Morgan fingerprint density at radius 3 is 2.14 bits per heavy atom. The van der Waals surface area contributed by atoms with Gasteiger partial charge in [0.25, 0.3) is 0 Å². The summed E-state index contributed by atoms with van der Waals surface area (Å²) in [6.45, 7) is 0.498. The van der Waals surface area contributed by atoms with Crippen LogP contribution < -0.4 is 4.90 Å². The number of ether oxygens (including phenoxy) is 2. The fraction of sp³-hybridized carbons (Fsp3) is 0.941. The lowest BCUT2D eigenvalue weighted by atomic mass is 9.94. The molecule has 2 fully saturated rings. The zero-order chi connectivity index (χ0) is 15.1. The number of carbonyl (C=O) groups excluding carboxylic acids is 1. The van der Waals surface area contributed by atoms with Crippen molar-refractivity contribution in [3.63, 3.8) is 0 Å². The Kier molecular flexibility index (Phi) is 6.97. The molecule has 4 heteroatoms. The van der Waals surface area contributed by atoms with Crippen molar-refractivity contribution in [2.75, 3.05) is 20.7 Å². The Morgan fingerprint density at radius 1 is 0.952 bits per heavy atom. The first-order chi connectivity index (χ1) is 10.2. The van der Waals surface area contributed by atoms with Crippen LogP contribution in [0.5, 0.6) is 0 Å². The quantitative estimate of drug-likeness (QED) is 0.621. The smallest absolute Gasteiger partial charge is 0.362 e. The Balaban J connectivity index is 1.77. The van der Waals surface area contributed by atoms with E-state index < -0.39 is 0 Å². The average molecular weight is 298 g/mol. The summed E-state index contributed by atoms with van der Waals surface area (Å²) in [5, 5.41) is 0. The molecule has 0 amide bonds. The Labute approximate surface area is 129 Å². The highest BCUT2D eigenvalue weighted by Gasteiger charge is 2.30. The fourth-order valence-corrected chi connectivity index (χ4v) is 3.82. The van der Waals surface area contributed by atoms with E-state index in [4.69, 9.17) is 9.47 Å². The first-order valence-corrected chi connectivity index (χ1v) is 8.75. The molecule has 0 aromatic rings. The molecule has 1 N–H and O–H groups in total. The van der Waals surface area contributed by atoms with Crippen molar-refractivity contribution in [2.24, 2.45) is 0 Å². The van der Waals surface area contributed by atoms with Crippen LogP contribution in [0, 0.1) is 0 Å². The van der Waals surface area contributed by atoms with Gasteiger partial charge in [0, 0.05) is 7.11 Å². The van der Waals surface area contributed by atoms with Crippen LogP contribution in [0.15, 0.2) is 0 Å². The van der Waals surface area contributed by atoms with Gasteiger partial charge in [-0.15, -0.1) is 0 Å². The monoisotopic (exact) mass is 298 g/mol. The van der Waals surface area contributed by atoms with E-state index in [1.54, 1.807) is 7.11 Å². The van der Waals surface area contributed by atoms with E-state index in [-0.39, 0.29) is 18.2 Å². The van der Waals surface area contributed by atoms with Crippen LogP contribution >= 0.6 is 0 Å². The van der Waals surface area contributed by atoms with Gasteiger partial charge >= 0.3 is 5.97 Å². The number of quaternary nitrogens is 1. The van der Waals surface area contributed by atoms with E-state index in [9.17, 15) is 4.79 Å². The zero-order valence-corrected chi connectivity index (χ0v) is 13.7. The molecule has 0 saturated heterocycles. The molecule has 2 saturated carbocycles. The lowest BCUT2D eigenvalue weighted by Crippen LogP contribution is -3.13. The second-order valence-electron chi connectivity index (χ2n) is 6.80. The van der Waals surface area contributed by atoms with Gasteiger partial charge in [0.15, 0.2) is 6.54 Å². The number of hydrogen-bond acceptors (Lipinski definition) is 3. The summed E-state index contributed by atoms with van der Waals surface area (Å²) < 4.78 is 11.2. The largest absolute Gasteiger partial charge is 0.455 e. The molecule has 2 rings (SSSR count). The third-order valence-electron chi connectivity index (χ3n) is 5.20. The minimum Gasteiger partial charge on any atom is -0.455 e. The van der Waals surface area contributed by atoms with E-state index in [0.29, 0.717) is 12.6 Å². The van der Waals surface area contributed by atoms with Gasteiger partial charge in [-0.05, 0) is 44.9 Å². The molecule has 0 aromatic carbocycles. The maximum absolute atomic E-state index is 12.2. The van der Waals surface area contributed by atoms with Crippen molar-refractivity contribution < 1.29 is 19.2 Å². The van der Waals surface area contributed by atoms with Crippen LogP contribution in [0.2, 0.25) is 0 Å². The topological polar surface area (TPSA) is 40.0 Å². The predicted octanol–water partition coefficient (Wildman–Crippen LogP) is 1.72. The third-order valence-corrected chi connectivity index (χ3v) is 5.20. The average Bonchev–Trinajstić information content (AvgIpc) is 2.76. The summed E-state index contributed by atoms with van der Waals surface area (Å²) >= 11 is 0. The molecule has 2 aliphatic carbocycles. The van der Waals surface area contributed by atoms with E-state index >= 15 is 0 Å². The summed E-state index contributed by atoms with van der Waals surface area (Å²) in [5.74, 6) is -0.0503. The van der Waals surface area contributed by atoms with E-state index in [2.05, 4.69) is 7.05 Å². The second-order valence-corrected chi connectivity index (χ2v) is 6.80. The van der Waals surface area contributed by atoms with Gasteiger partial charge in [-0.3, -0.25) is 0 Å². The summed E-state index contributed by atoms with van der Waals surface area (Å²) in [6, 6.07) is 0.629. The highest BCUT2D eigenvalue weighted by atomic mass is 16.6. The predicted molar refractivity (Wildman–Crippen MR) is 82.4 cm³/mol. The van der Waals surface area contributed by atoms with E-state index in [1.165, 1.54) is 49.8 Å². The minimum absolute atomic E-state index is 0.0295. The Morgan fingerprint density at radius 2 is 1.52 bits per heavy atom. The maximum Gasteiger partial charge on any atom is 0.362 e. The van der Waals surface area contributed by atoms with Gasteiger partial charge in [-0.1, -0.05) is 19.3 Å². The number of nitrogens with one attached hydrogen (secondary N) is 1. The molecule has 0 aliphatic heterocycles. The molecule has 4 nitrogen and oxygen atoms in total. The lowest BCUT2D eigenvalue weighted by molar-refractivity contribution is -0.899. The van der Waals surface area contributed by atoms with Gasteiger partial charge in [0.05, 0.1) is 19.2 Å². The summed E-state index contributed by atoms with van der Waals surface area (Å²) in [6.07, 6.45) is 12.2. The molecule has 3 atom stereocenters. The van der Waals surface area contributed by atoms with Crippen LogP contribution in [0.25, 0.3) is 0 Å². The van der Waals surface area contributed by atoms with Gasteiger partial charge < -0.3 is 14.4 Å². The maximum atomic E-state index is 12.2. The molecule has 122 valence electrons. The number of methoxy groups -OCH3 is 1. The molecule has 3 unspecified atom stereocenters. The van der Waals surface area contributed by atoms with Gasteiger partial charge in [0.2, 0.25) is 0 Å². The number of rotatable bonds is 5. The molecular formula is C17H32NO3+. The molecule has 2 aliphatic rings. The van der Waals surface area contributed by atoms with Crippen molar-refractivity contribution in [3.8, 4) is 0 Å². The minimum atomic E-state index is -0.0503. The fourth-order valence-electron chi connectivity index (χ4n) is 3.82. The van der Waals surface area contributed by atoms with Gasteiger partial charge in [0.1, 0.15) is 6.10 Å². The zero-order valence-electron chi connectivity index (χ0n) is 13.7. The standard InChI is InChI=1S/C17H31NO3/c1-18(14-9-5-3-4-6-10-14)13-17(19)21-16-12-8-7-11-15(16)20-2/h14-16H,3-13H2,1-2H3/p+1. The van der Waals surface area contributed by atoms with Crippen LogP contribution in [-0.2, 0) is 14.3 Å². The first-order valence-electron chi connectivity index (χ1n) is 8.75. The van der Waals surface area contributed by atoms with Crippen LogP contribution in [0.3, 0.4) is 0 Å². The highest BCUT2D eigenvalue weighted by molar-refractivity contribution is 5.70. The number of likely N-dealkylation sites (N-methyl/N-ethyl adjacent to an activating group) is 1. The lowest BCUT2D eigenvalue weighted by Gasteiger charge is -2.30. The summed E-state index contributed by atoms with van der Waals surface area (Å²) in [4.78, 5) is 13.5. The van der Waals surface area contributed by atoms with Crippen LogP contribution in [0.1, 0.15) is 64.2 Å². The molecule has 0 heterocycles. The third kappa shape index (κ3) is 5.26. The normalized spacial score (nSPS) is 29.6. The molecule has 21 heavy (non-hydrogen) atoms. The van der Waals surface area contributed by atoms with Crippen molar-refractivity contribution in [1.29, 1.82) is 0 Å². The van der Waals surface area contributed by atoms with Crippen LogP contribution in [0.4, 0.5) is 0 Å². The summed E-state index contributed by atoms with van der Waals surface area (Å²) in [5.41, 5.74) is 0. The van der Waals surface area contributed by atoms with E-state index in [0.717, 1.165) is 19.3 Å². The Hall–Kier alpha value is -0.610. The number of hydrogen-bond donors (Lipinski definition) is 1. The van der Waals surface area contributed by atoms with Gasteiger partial charge in [-0.25, -0.2) is 4.79 Å². The van der Waals surface area contributed by atoms with Crippen molar-refractivity contribution in [2.45, 2.75) is 82.5 Å². The number of carbonyl (C=O) groups is 1. The first kappa shape index (κ1) is 16.8. The second kappa shape index (κ2) is 8.74. The summed E-state index contributed by atoms with van der Waals surface area (Å²) in [7, 11) is 3.87. The van der Waals surface area contributed by atoms with Crippen molar-refractivity contribution in [3.05, 3.63) is 0 Å². The van der Waals surface area contributed by atoms with Gasteiger partial charge in [-0.2, -0.15) is 0 Å². The van der Waals surface area contributed by atoms with Crippen molar-refractivity contribution >= 4 is 5.97 Å². The molecule has 0 bridgehead atoms. The molecule has 0 aromatic heterocycles. The van der Waals surface area contributed by atoms with Crippen molar-refractivity contribution in [1.82, 2.24) is 0 Å². The highest BCUT2D eigenvalue weighted by Crippen LogP contribution is 2.23. The Bertz CT molecular complexity index is 313. The molecule has 0 spiro atoms. The number of esters is 1. The SMILES string of the molecule is COC1CCCCC1OC(=O)C[NH+](C)C1CCCCCC1.